The number of amides is 1. The van der Waals surface area contributed by atoms with Crippen LogP contribution < -0.4 is 5.32 Å². The van der Waals surface area contributed by atoms with Crippen LogP contribution in [0, 0.1) is 11.7 Å². The SMILES string of the molecule is CCOC(=O)c1c(NC(=O)c2cccc(F)c2)sc2c1CCC(CC)C2. The number of anilines is 1. The molecule has 1 aliphatic carbocycles. The molecule has 6 heteroatoms. The Bertz CT molecular complexity index is 830. The molecule has 1 aromatic heterocycles. The second kappa shape index (κ2) is 7.99. The summed E-state index contributed by atoms with van der Waals surface area (Å²) in [6.45, 7) is 4.20. The van der Waals surface area contributed by atoms with E-state index in [0.717, 1.165) is 36.1 Å². The smallest absolute Gasteiger partial charge is 0.341 e. The predicted octanol–water partition coefficient (Wildman–Crippen LogP) is 4.83. The fourth-order valence-corrected chi connectivity index (χ4v) is 4.66. The minimum absolute atomic E-state index is 0.220. The van der Waals surface area contributed by atoms with E-state index < -0.39 is 17.7 Å². The molecule has 26 heavy (non-hydrogen) atoms. The van der Waals surface area contributed by atoms with Gasteiger partial charge in [-0.05, 0) is 55.9 Å². The molecule has 1 unspecified atom stereocenters. The highest BCUT2D eigenvalue weighted by atomic mass is 32.1. The third kappa shape index (κ3) is 3.80. The zero-order chi connectivity index (χ0) is 18.7. The summed E-state index contributed by atoms with van der Waals surface area (Å²) in [6.07, 6.45) is 3.86. The van der Waals surface area contributed by atoms with Gasteiger partial charge in [0.1, 0.15) is 10.8 Å². The predicted molar refractivity (Wildman–Crippen MR) is 100 cm³/mol. The largest absolute Gasteiger partial charge is 0.462 e. The van der Waals surface area contributed by atoms with Gasteiger partial charge in [-0.2, -0.15) is 0 Å². The minimum atomic E-state index is -0.473. The second-order valence-electron chi connectivity index (χ2n) is 6.41. The Morgan fingerprint density at radius 1 is 1.35 bits per heavy atom. The summed E-state index contributed by atoms with van der Waals surface area (Å²) >= 11 is 1.44. The van der Waals surface area contributed by atoms with Gasteiger partial charge in [0, 0.05) is 10.4 Å². The first-order valence-corrected chi connectivity index (χ1v) is 9.73. The van der Waals surface area contributed by atoms with Crippen molar-refractivity contribution in [2.24, 2.45) is 5.92 Å². The zero-order valence-electron chi connectivity index (χ0n) is 14.9. The molecule has 0 bridgehead atoms. The Labute approximate surface area is 156 Å². The molecule has 2 aromatic rings. The number of carbonyl (C=O) groups is 2. The maximum atomic E-state index is 13.4. The summed E-state index contributed by atoms with van der Waals surface area (Å²) in [6, 6.07) is 5.50. The van der Waals surface area contributed by atoms with Gasteiger partial charge in [-0.15, -0.1) is 11.3 Å². The van der Waals surface area contributed by atoms with Crippen LogP contribution in [0.25, 0.3) is 0 Å². The van der Waals surface area contributed by atoms with Gasteiger partial charge in [0.2, 0.25) is 0 Å². The second-order valence-corrected chi connectivity index (χ2v) is 7.52. The van der Waals surface area contributed by atoms with Crippen LogP contribution in [0.5, 0.6) is 0 Å². The van der Waals surface area contributed by atoms with Gasteiger partial charge in [-0.3, -0.25) is 4.79 Å². The molecule has 0 radical (unpaired) electrons. The number of rotatable bonds is 5. The van der Waals surface area contributed by atoms with E-state index in [0.29, 0.717) is 16.5 Å². The lowest BCUT2D eigenvalue weighted by Gasteiger charge is -2.20. The van der Waals surface area contributed by atoms with E-state index in [9.17, 15) is 14.0 Å². The van der Waals surface area contributed by atoms with Crippen LogP contribution in [-0.4, -0.2) is 18.5 Å². The van der Waals surface area contributed by atoms with Crippen LogP contribution in [0.3, 0.4) is 0 Å². The summed E-state index contributed by atoms with van der Waals surface area (Å²) < 4.78 is 18.6. The molecule has 0 spiro atoms. The molecule has 1 aromatic carbocycles. The van der Waals surface area contributed by atoms with Crippen molar-refractivity contribution >= 4 is 28.2 Å². The van der Waals surface area contributed by atoms with Crippen LogP contribution in [0.2, 0.25) is 0 Å². The number of fused-ring (bicyclic) bond motifs is 1. The van der Waals surface area contributed by atoms with Gasteiger partial charge in [0.15, 0.2) is 0 Å². The van der Waals surface area contributed by atoms with E-state index in [1.807, 2.05) is 0 Å². The van der Waals surface area contributed by atoms with E-state index in [-0.39, 0.29) is 12.2 Å². The van der Waals surface area contributed by atoms with E-state index >= 15 is 0 Å². The van der Waals surface area contributed by atoms with Gasteiger partial charge in [-0.1, -0.05) is 19.4 Å². The lowest BCUT2D eigenvalue weighted by Crippen LogP contribution is -2.17. The molecule has 3 rings (SSSR count). The minimum Gasteiger partial charge on any atom is -0.462 e. The number of esters is 1. The molecule has 1 amide bonds. The normalized spacial score (nSPS) is 16.0. The number of carbonyl (C=O) groups excluding carboxylic acids is 2. The zero-order valence-corrected chi connectivity index (χ0v) is 15.7. The van der Waals surface area contributed by atoms with Crippen LogP contribution in [-0.2, 0) is 17.6 Å². The molecule has 0 saturated heterocycles. The highest BCUT2D eigenvalue weighted by molar-refractivity contribution is 7.17. The summed E-state index contributed by atoms with van der Waals surface area (Å²) in [5.41, 5.74) is 1.68. The number of thiophene rings is 1. The number of hydrogen-bond acceptors (Lipinski definition) is 4. The monoisotopic (exact) mass is 375 g/mol. The fraction of sp³-hybridized carbons (Fsp3) is 0.400. The van der Waals surface area contributed by atoms with Gasteiger partial charge in [-0.25, -0.2) is 9.18 Å². The molecule has 1 N–H and O–H groups in total. The van der Waals surface area contributed by atoms with E-state index in [2.05, 4.69) is 12.2 Å². The van der Waals surface area contributed by atoms with E-state index in [1.54, 1.807) is 13.0 Å². The van der Waals surface area contributed by atoms with Crippen molar-refractivity contribution in [1.29, 1.82) is 0 Å². The molecule has 138 valence electrons. The quantitative estimate of drug-likeness (QED) is 0.762. The fourth-order valence-electron chi connectivity index (χ4n) is 3.31. The third-order valence-corrected chi connectivity index (χ3v) is 5.91. The first-order valence-electron chi connectivity index (χ1n) is 8.92. The summed E-state index contributed by atoms with van der Waals surface area (Å²) in [4.78, 5) is 26.1. The van der Waals surface area contributed by atoms with Gasteiger partial charge in [0.25, 0.3) is 5.91 Å². The molecule has 0 fully saturated rings. The first kappa shape index (κ1) is 18.6. The molecular formula is C20H22FNO3S. The summed E-state index contributed by atoms with van der Waals surface area (Å²) in [5.74, 6) is -0.710. The van der Waals surface area contributed by atoms with Crippen molar-refractivity contribution in [1.82, 2.24) is 0 Å². The Kier molecular flexibility index (Phi) is 5.71. The van der Waals surface area contributed by atoms with Crippen molar-refractivity contribution in [2.45, 2.75) is 39.5 Å². The molecule has 1 atom stereocenters. The Morgan fingerprint density at radius 3 is 2.85 bits per heavy atom. The molecular weight excluding hydrogens is 353 g/mol. The third-order valence-electron chi connectivity index (χ3n) is 4.74. The Morgan fingerprint density at radius 2 is 2.15 bits per heavy atom. The van der Waals surface area contributed by atoms with Crippen molar-refractivity contribution < 1.29 is 18.7 Å². The van der Waals surface area contributed by atoms with Gasteiger partial charge < -0.3 is 10.1 Å². The van der Waals surface area contributed by atoms with Gasteiger partial charge >= 0.3 is 5.97 Å². The molecule has 0 saturated carbocycles. The van der Waals surface area contributed by atoms with Crippen molar-refractivity contribution in [2.75, 3.05) is 11.9 Å². The highest BCUT2D eigenvalue weighted by Crippen LogP contribution is 2.41. The highest BCUT2D eigenvalue weighted by Gasteiger charge is 2.30. The van der Waals surface area contributed by atoms with Gasteiger partial charge in [0.05, 0.1) is 12.2 Å². The summed E-state index contributed by atoms with van der Waals surface area (Å²) in [5, 5.41) is 3.30. The molecule has 1 heterocycles. The molecule has 1 aliphatic rings. The average molecular weight is 375 g/mol. The van der Waals surface area contributed by atoms with Crippen LogP contribution >= 0.6 is 11.3 Å². The maximum Gasteiger partial charge on any atom is 0.341 e. The van der Waals surface area contributed by atoms with Crippen LogP contribution in [0.15, 0.2) is 24.3 Å². The van der Waals surface area contributed by atoms with Crippen LogP contribution in [0.1, 0.15) is 57.8 Å². The van der Waals surface area contributed by atoms with E-state index in [4.69, 9.17) is 4.74 Å². The number of hydrogen-bond donors (Lipinski definition) is 1. The summed E-state index contributed by atoms with van der Waals surface area (Å²) in [7, 11) is 0. The molecule has 4 nitrogen and oxygen atoms in total. The van der Waals surface area contributed by atoms with Crippen molar-refractivity contribution in [3.63, 3.8) is 0 Å². The standard InChI is InChI=1S/C20H22FNO3S/c1-3-12-8-9-15-16(10-12)26-19(17(15)20(24)25-4-2)22-18(23)13-6-5-7-14(21)11-13/h5-7,11-12H,3-4,8-10H2,1-2H3,(H,22,23). The number of benzene rings is 1. The topological polar surface area (TPSA) is 55.4 Å². The lowest BCUT2D eigenvalue weighted by molar-refractivity contribution is 0.0526. The lowest BCUT2D eigenvalue weighted by atomic mass is 9.85. The Balaban J connectivity index is 1.94. The average Bonchev–Trinajstić information content (AvgIpc) is 2.98. The maximum absolute atomic E-state index is 13.4. The molecule has 0 aliphatic heterocycles. The van der Waals surface area contributed by atoms with Crippen LogP contribution in [0.4, 0.5) is 9.39 Å². The number of nitrogens with one attached hydrogen (secondary N) is 1. The van der Waals surface area contributed by atoms with Crippen molar-refractivity contribution in [3.8, 4) is 0 Å². The van der Waals surface area contributed by atoms with Crippen molar-refractivity contribution in [3.05, 3.63) is 51.7 Å². The Hall–Kier alpha value is -2.21. The number of halogens is 1. The number of ether oxygens (including phenoxy) is 1. The first-order chi connectivity index (χ1) is 12.5. The van der Waals surface area contributed by atoms with E-state index in [1.165, 1.54) is 29.5 Å².